The fourth-order valence-electron chi connectivity index (χ4n) is 2.79. The van der Waals surface area contributed by atoms with Gasteiger partial charge in [-0.3, -0.25) is 4.79 Å². The van der Waals surface area contributed by atoms with Crippen LogP contribution in [0.25, 0.3) is 0 Å². The fourth-order valence-corrected chi connectivity index (χ4v) is 2.79. The van der Waals surface area contributed by atoms with E-state index in [0.717, 1.165) is 19.3 Å². The van der Waals surface area contributed by atoms with Gasteiger partial charge >= 0.3 is 5.97 Å². The number of fused-ring (bicyclic) bond motifs is 1. The summed E-state index contributed by atoms with van der Waals surface area (Å²) in [6.07, 6.45) is 6.96. The van der Waals surface area contributed by atoms with E-state index in [0.29, 0.717) is 12.3 Å². The zero-order valence-electron chi connectivity index (χ0n) is 11.1. The molecule has 0 radical (unpaired) electrons. The zero-order chi connectivity index (χ0) is 13.0. The average molecular weight is 246 g/mol. The third kappa shape index (κ3) is 3.34. The van der Waals surface area contributed by atoms with Gasteiger partial charge in [0.1, 0.15) is 0 Å². The van der Waals surface area contributed by atoms with Crippen molar-refractivity contribution in [1.29, 1.82) is 0 Å². The SMILES string of the molecule is CC(CCCCC(=O)O)c1ccc2c(c1)CCC2. The molecule has 0 bridgehead atoms. The summed E-state index contributed by atoms with van der Waals surface area (Å²) >= 11 is 0. The third-order valence-electron chi connectivity index (χ3n) is 3.97. The molecule has 0 saturated carbocycles. The van der Waals surface area contributed by atoms with Crippen LogP contribution in [0.5, 0.6) is 0 Å². The van der Waals surface area contributed by atoms with Gasteiger partial charge < -0.3 is 5.11 Å². The van der Waals surface area contributed by atoms with E-state index < -0.39 is 5.97 Å². The first-order valence-corrected chi connectivity index (χ1v) is 7.00. The van der Waals surface area contributed by atoms with Crippen molar-refractivity contribution in [3.05, 3.63) is 34.9 Å². The van der Waals surface area contributed by atoms with E-state index in [1.54, 1.807) is 0 Å². The Morgan fingerprint density at radius 2 is 2.06 bits per heavy atom. The predicted octanol–water partition coefficient (Wildman–Crippen LogP) is 3.92. The Bertz CT molecular complexity index is 423. The van der Waals surface area contributed by atoms with Crippen molar-refractivity contribution in [2.45, 2.75) is 57.8 Å². The molecule has 18 heavy (non-hydrogen) atoms. The number of benzene rings is 1. The van der Waals surface area contributed by atoms with E-state index in [-0.39, 0.29) is 0 Å². The Hall–Kier alpha value is -1.31. The Morgan fingerprint density at radius 1 is 1.28 bits per heavy atom. The molecular weight excluding hydrogens is 224 g/mol. The molecule has 1 aromatic carbocycles. The van der Waals surface area contributed by atoms with Gasteiger partial charge in [-0.05, 0) is 54.7 Å². The molecule has 1 unspecified atom stereocenters. The highest BCUT2D eigenvalue weighted by molar-refractivity contribution is 5.66. The molecule has 0 amide bonds. The second-order valence-corrected chi connectivity index (χ2v) is 5.42. The van der Waals surface area contributed by atoms with Crippen molar-refractivity contribution >= 4 is 5.97 Å². The van der Waals surface area contributed by atoms with Crippen LogP contribution in [0.2, 0.25) is 0 Å². The molecular formula is C16H22O2. The van der Waals surface area contributed by atoms with Crippen LogP contribution in [-0.4, -0.2) is 11.1 Å². The third-order valence-corrected chi connectivity index (χ3v) is 3.97. The van der Waals surface area contributed by atoms with Gasteiger partial charge in [0, 0.05) is 6.42 Å². The lowest BCUT2D eigenvalue weighted by Gasteiger charge is -2.13. The first-order chi connectivity index (χ1) is 8.66. The van der Waals surface area contributed by atoms with Gasteiger partial charge in [0.05, 0.1) is 0 Å². The van der Waals surface area contributed by atoms with Crippen molar-refractivity contribution in [1.82, 2.24) is 0 Å². The maximum atomic E-state index is 10.4. The molecule has 0 spiro atoms. The minimum atomic E-state index is -0.680. The minimum absolute atomic E-state index is 0.302. The van der Waals surface area contributed by atoms with Crippen LogP contribution in [0.3, 0.4) is 0 Å². The molecule has 2 nitrogen and oxygen atoms in total. The van der Waals surface area contributed by atoms with Gasteiger partial charge in [-0.2, -0.15) is 0 Å². The molecule has 1 aromatic rings. The molecule has 98 valence electrons. The summed E-state index contributed by atoms with van der Waals surface area (Å²) < 4.78 is 0. The van der Waals surface area contributed by atoms with E-state index in [1.165, 1.54) is 36.0 Å². The number of rotatable bonds is 6. The van der Waals surface area contributed by atoms with Gasteiger partial charge in [0.15, 0.2) is 0 Å². The normalized spacial score (nSPS) is 15.4. The topological polar surface area (TPSA) is 37.3 Å². The summed E-state index contributed by atoms with van der Waals surface area (Å²) in [5, 5.41) is 8.60. The monoisotopic (exact) mass is 246 g/mol. The zero-order valence-corrected chi connectivity index (χ0v) is 11.1. The molecule has 1 N–H and O–H groups in total. The number of hydrogen-bond acceptors (Lipinski definition) is 1. The largest absolute Gasteiger partial charge is 0.481 e. The van der Waals surface area contributed by atoms with Crippen LogP contribution >= 0.6 is 0 Å². The van der Waals surface area contributed by atoms with Crippen molar-refractivity contribution in [3.63, 3.8) is 0 Å². The van der Waals surface area contributed by atoms with Crippen LogP contribution in [-0.2, 0) is 17.6 Å². The number of carboxylic acid groups (broad SMARTS) is 1. The van der Waals surface area contributed by atoms with E-state index in [9.17, 15) is 4.79 Å². The number of carboxylic acids is 1. The van der Waals surface area contributed by atoms with Gasteiger partial charge in [-0.1, -0.05) is 31.5 Å². The quantitative estimate of drug-likeness (QED) is 0.772. The van der Waals surface area contributed by atoms with Crippen molar-refractivity contribution in [3.8, 4) is 0 Å². The number of hydrogen-bond donors (Lipinski definition) is 1. The molecule has 2 heteroatoms. The number of carbonyl (C=O) groups is 1. The summed E-state index contributed by atoms with van der Waals surface area (Å²) in [5.74, 6) is -0.134. The van der Waals surface area contributed by atoms with Crippen LogP contribution in [0, 0.1) is 0 Å². The first-order valence-electron chi connectivity index (χ1n) is 7.00. The lowest BCUT2D eigenvalue weighted by atomic mass is 9.92. The lowest BCUT2D eigenvalue weighted by Crippen LogP contribution is -1.98. The van der Waals surface area contributed by atoms with Crippen molar-refractivity contribution in [2.24, 2.45) is 0 Å². The molecule has 0 aliphatic heterocycles. The molecule has 2 rings (SSSR count). The van der Waals surface area contributed by atoms with E-state index in [1.807, 2.05) is 0 Å². The van der Waals surface area contributed by atoms with E-state index in [4.69, 9.17) is 5.11 Å². The highest BCUT2D eigenvalue weighted by Gasteiger charge is 2.13. The maximum absolute atomic E-state index is 10.4. The van der Waals surface area contributed by atoms with Crippen molar-refractivity contribution < 1.29 is 9.90 Å². The highest BCUT2D eigenvalue weighted by atomic mass is 16.4. The molecule has 1 aliphatic rings. The second-order valence-electron chi connectivity index (χ2n) is 5.42. The van der Waals surface area contributed by atoms with E-state index in [2.05, 4.69) is 25.1 Å². The Kier molecular flexibility index (Phi) is 4.40. The van der Waals surface area contributed by atoms with E-state index >= 15 is 0 Å². The first kappa shape index (κ1) is 13.1. The fraction of sp³-hybridized carbons (Fsp3) is 0.562. The Labute approximate surface area is 109 Å². The molecule has 0 fully saturated rings. The highest BCUT2D eigenvalue weighted by Crippen LogP contribution is 2.28. The summed E-state index contributed by atoms with van der Waals surface area (Å²) in [6, 6.07) is 6.90. The summed E-state index contributed by atoms with van der Waals surface area (Å²) in [5.41, 5.74) is 4.48. The molecule has 0 aromatic heterocycles. The average Bonchev–Trinajstić information content (AvgIpc) is 2.81. The number of aryl methyl sites for hydroxylation is 2. The smallest absolute Gasteiger partial charge is 0.303 e. The summed E-state index contributed by atoms with van der Waals surface area (Å²) in [6.45, 7) is 2.25. The van der Waals surface area contributed by atoms with Crippen molar-refractivity contribution in [2.75, 3.05) is 0 Å². The number of unbranched alkanes of at least 4 members (excludes halogenated alkanes) is 1. The lowest BCUT2D eigenvalue weighted by molar-refractivity contribution is -0.137. The molecule has 0 saturated heterocycles. The van der Waals surface area contributed by atoms with Crippen LogP contribution < -0.4 is 0 Å². The van der Waals surface area contributed by atoms with Gasteiger partial charge in [-0.25, -0.2) is 0 Å². The summed E-state index contributed by atoms with van der Waals surface area (Å²) in [7, 11) is 0. The maximum Gasteiger partial charge on any atom is 0.303 e. The molecule has 1 atom stereocenters. The molecule has 1 aliphatic carbocycles. The van der Waals surface area contributed by atoms with Crippen LogP contribution in [0.4, 0.5) is 0 Å². The van der Waals surface area contributed by atoms with Gasteiger partial charge in [0.25, 0.3) is 0 Å². The van der Waals surface area contributed by atoms with Crippen LogP contribution in [0.15, 0.2) is 18.2 Å². The molecule has 0 heterocycles. The summed E-state index contributed by atoms with van der Waals surface area (Å²) in [4.78, 5) is 10.4. The minimum Gasteiger partial charge on any atom is -0.481 e. The predicted molar refractivity (Wildman–Crippen MR) is 73.0 cm³/mol. The van der Waals surface area contributed by atoms with Crippen LogP contribution in [0.1, 0.15) is 61.6 Å². The van der Waals surface area contributed by atoms with Gasteiger partial charge in [0.2, 0.25) is 0 Å². The Balaban J connectivity index is 1.85. The second kappa shape index (κ2) is 6.03. The standard InChI is InChI=1S/C16H22O2/c1-12(5-2-3-8-16(17)18)14-10-9-13-6-4-7-15(13)11-14/h9-12H,2-8H2,1H3,(H,17,18). The van der Waals surface area contributed by atoms with Gasteiger partial charge in [-0.15, -0.1) is 0 Å². The number of aliphatic carboxylic acids is 1. The Morgan fingerprint density at radius 3 is 2.83 bits per heavy atom.